The maximum absolute atomic E-state index is 10.9. The summed E-state index contributed by atoms with van der Waals surface area (Å²) in [6, 6.07) is 22.4. The van der Waals surface area contributed by atoms with Crippen LogP contribution in [0.4, 0.5) is 0 Å². The lowest BCUT2D eigenvalue weighted by molar-refractivity contribution is 0.415. The van der Waals surface area contributed by atoms with Crippen LogP contribution in [0.25, 0.3) is 5.03 Å². The molecule has 0 saturated heterocycles. The zero-order valence-corrected chi connectivity index (χ0v) is 19.6. The normalized spacial score (nSPS) is 13.0. The fraction of sp³-hybridized carbons (Fsp3) is 0.286. The predicted octanol–water partition coefficient (Wildman–Crippen LogP) is 8.06. The molecule has 3 aromatic carbocycles. The molecule has 3 rings (SSSR count). The minimum atomic E-state index is -0.0357. The highest BCUT2D eigenvalue weighted by Gasteiger charge is 2.20. The van der Waals surface area contributed by atoms with Crippen molar-refractivity contribution in [3.63, 3.8) is 0 Å². The van der Waals surface area contributed by atoms with Crippen LogP contribution in [0.3, 0.4) is 0 Å². The third-order valence-electron chi connectivity index (χ3n) is 5.63. The summed E-state index contributed by atoms with van der Waals surface area (Å²) in [4.78, 5) is 0. The Kier molecular flexibility index (Phi) is 7.46. The van der Waals surface area contributed by atoms with Crippen LogP contribution >= 0.6 is 11.6 Å². The monoisotopic (exact) mass is 434 g/mol. The number of ether oxygens (including phenoxy) is 1. The molecule has 0 aliphatic carbocycles. The van der Waals surface area contributed by atoms with Crippen LogP contribution in [0.15, 0.2) is 72.8 Å². The van der Waals surface area contributed by atoms with E-state index in [1.807, 2.05) is 42.5 Å². The first kappa shape index (κ1) is 23.0. The maximum atomic E-state index is 10.9. The van der Waals surface area contributed by atoms with Gasteiger partial charge in [0, 0.05) is 11.0 Å². The van der Waals surface area contributed by atoms with Gasteiger partial charge in [-0.3, -0.25) is 0 Å². The molecule has 0 spiro atoms. The van der Waals surface area contributed by atoms with Crippen LogP contribution in [0, 0.1) is 0 Å². The molecule has 1 atom stereocenters. The van der Waals surface area contributed by atoms with Crippen molar-refractivity contribution in [3.8, 4) is 11.5 Å². The second-order valence-corrected chi connectivity index (χ2v) is 8.90. The molecule has 0 aliphatic rings. The van der Waals surface area contributed by atoms with Crippen LogP contribution in [0.2, 0.25) is 0 Å². The molecule has 1 N–H and O–H groups in total. The predicted molar refractivity (Wildman–Crippen MR) is 131 cm³/mol. The Bertz CT molecular complexity index is 1010. The first-order valence-corrected chi connectivity index (χ1v) is 11.1. The van der Waals surface area contributed by atoms with Gasteiger partial charge in [0.2, 0.25) is 0 Å². The Balaban J connectivity index is 2.16. The largest absolute Gasteiger partial charge is 0.507 e. The van der Waals surface area contributed by atoms with Crippen LogP contribution in [0.1, 0.15) is 73.3 Å². The number of phenols is 1. The molecule has 0 fully saturated rings. The lowest BCUT2D eigenvalue weighted by Gasteiger charge is -2.22. The van der Waals surface area contributed by atoms with Gasteiger partial charge in [-0.25, -0.2) is 0 Å². The van der Waals surface area contributed by atoms with Gasteiger partial charge in [0.1, 0.15) is 11.5 Å². The Morgan fingerprint density at radius 2 is 1.39 bits per heavy atom. The maximum Gasteiger partial charge on any atom is 0.122 e. The summed E-state index contributed by atoms with van der Waals surface area (Å²) in [6.45, 7) is 8.45. The van der Waals surface area contributed by atoms with Gasteiger partial charge in [-0.1, -0.05) is 87.8 Å². The zero-order valence-electron chi connectivity index (χ0n) is 18.9. The molecule has 2 nitrogen and oxygen atoms in total. The van der Waals surface area contributed by atoms with Gasteiger partial charge in [-0.2, -0.15) is 0 Å². The summed E-state index contributed by atoms with van der Waals surface area (Å²) in [7, 11) is 1.65. The highest BCUT2D eigenvalue weighted by Crippen LogP contribution is 2.39. The van der Waals surface area contributed by atoms with Gasteiger partial charge in [-0.05, 0) is 63.9 Å². The van der Waals surface area contributed by atoms with E-state index in [0.717, 1.165) is 33.6 Å². The summed E-state index contributed by atoms with van der Waals surface area (Å²) >= 11 is 6.80. The minimum absolute atomic E-state index is 0.0357. The van der Waals surface area contributed by atoms with Gasteiger partial charge < -0.3 is 9.84 Å². The molecule has 162 valence electrons. The van der Waals surface area contributed by atoms with E-state index in [2.05, 4.69) is 58.0 Å². The molecule has 0 radical (unpaired) electrons. The Hall–Kier alpha value is -2.71. The van der Waals surface area contributed by atoms with E-state index in [-0.39, 0.29) is 17.8 Å². The number of rotatable bonds is 7. The van der Waals surface area contributed by atoms with Crippen molar-refractivity contribution in [2.75, 3.05) is 7.11 Å². The van der Waals surface area contributed by atoms with Gasteiger partial charge >= 0.3 is 0 Å². The molecule has 0 heterocycles. The van der Waals surface area contributed by atoms with Crippen LogP contribution < -0.4 is 4.74 Å². The topological polar surface area (TPSA) is 29.5 Å². The Labute approximate surface area is 191 Å². The van der Waals surface area contributed by atoms with Crippen molar-refractivity contribution < 1.29 is 9.84 Å². The number of phenolic OH excluding ortho intramolecular Hbond substituents is 1. The number of hydrogen-bond donors (Lipinski definition) is 1. The first-order valence-electron chi connectivity index (χ1n) is 10.7. The van der Waals surface area contributed by atoms with E-state index >= 15 is 0 Å². The van der Waals surface area contributed by atoms with Gasteiger partial charge in [0.05, 0.1) is 7.11 Å². The Morgan fingerprint density at radius 1 is 0.839 bits per heavy atom. The number of aromatic hydroxyl groups is 1. The van der Waals surface area contributed by atoms with Crippen molar-refractivity contribution in [1.29, 1.82) is 0 Å². The van der Waals surface area contributed by atoms with Gasteiger partial charge in [0.25, 0.3) is 0 Å². The van der Waals surface area contributed by atoms with Crippen molar-refractivity contribution in [2.24, 2.45) is 0 Å². The smallest absolute Gasteiger partial charge is 0.122 e. The highest BCUT2D eigenvalue weighted by molar-refractivity contribution is 6.48. The fourth-order valence-corrected chi connectivity index (χ4v) is 4.05. The summed E-state index contributed by atoms with van der Waals surface area (Å²) < 4.78 is 5.26. The summed E-state index contributed by atoms with van der Waals surface area (Å²) in [5.74, 6) is 1.61. The highest BCUT2D eigenvalue weighted by atomic mass is 35.5. The molecule has 0 amide bonds. The zero-order chi connectivity index (χ0) is 22.5. The van der Waals surface area contributed by atoms with Crippen molar-refractivity contribution >= 4 is 16.6 Å². The Morgan fingerprint density at radius 3 is 1.87 bits per heavy atom. The van der Waals surface area contributed by atoms with E-state index in [0.29, 0.717) is 10.8 Å². The van der Waals surface area contributed by atoms with Crippen LogP contribution in [-0.4, -0.2) is 12.2 Å². The van der Waals surface area contributed by atoms with Crippen molar-refractivity contribution in [3.05, 3.63) is 101 Å². The number of benzene rings is 3. The quantitative estimate of drug-likeness (QED) is 0.407. The fourth-order valence-electron chi connectivity index (χ4n) is 3.80. The molecule has 0 saturated carbocycles. The second-order valence-electron chi connectivity index (χ2n) is 8.49. The second kappa shape index (κ2) is 10.1. The molecule has 31 heavy (non-hydrogen) atoms. The summed E-state index contributed by atoms with van der Waals surface area (Å²) in [6.07, 6.45) is 2.10. The SMILES string of the molecule is COc1ccc(C(Cl)=CC(c2ccccc2)c2cc(C(C)C)c(O)c(C(C)C)c2)cc1. The molecule has 0 aromatic heterocycles. The summed E-state index contributed by atoms with van der Waals surface area (Å²) in [5, 5.41) is 11.5. The van der Waals surface area contributed by atoms with Crippen LogP contribution in [-0.2, 0) is 0 Å². The van der Waals surface area contributed by atoms with E-state index in [4.69, 9.17) is 16.3 Å². The average Bonchev–Trinajstić information content (AvgIpc) is 2.77. The number of allylic oxidation sites excluding steroid dienone is 1. The number of halogens is 1. The van der Waals surface area contributed by atoms with E-state index in [1.54, 1.807) is 7.11 Å². The van der Waals surface area contributed by atoms with E-state index in [9.17, 15) is 5.11 Å². The third-order valence-corrected chi connectivity index (χ3v) is 5.98. The molecule has 3 aromatic rings. The standard InChI is InChI=1S/C28H31ClO2/c1-18(2)24-15-22(16-25(19(3)4)28(24)30)26(20-9-7-6-8-10-20)17-27(29)21-11-13-23(31-5)14-12-21/h6-19,26,30H,1-5H3. The van der Waals surface area contributed by atoms with Crippen molar-refractivity contribution in [2.45, 2.75) is 45.4 Å². The van der Waals surface area contributed by atoms with Crippen molar-refractivity contribution in [1.82, 2.24) is 0 Å². The first-order chi connectivity index (χ1) is 14.8. The van der Waals surface area contributed by atoms with Gasteiger partial charge in [-0.15, -0.1) is 0 Å². The van der Waals surface area contributed by atoms with Crippen LogP contribution in [0.5, 0.6) is 11.5 Å². The van der Waals surface area contributed by atoms with Gasteiger partial charge in [0.15, 0.2) is 0 Å². The number of hydrogen-bond acceptors (Lipinski definition) is 2. The third kappa shape index (κ3) is 5.32. The minimum Gasteiger partial charge on any atom is -0.507 e. The molecular weight excluding hydrogens is 404 g/mol. The lowest BCUT2D eigenvalue weighted by atomic mass is 9.84. The molecule has 0 aliphatic heterocycles. The van der Waals surface area contributed by atoms with E-state index < -0.39 is 0 Å². The summed E-state index contributed by atoms with van der Waals surface area (Å²) in [5.41, 5.74) is 5.16. The molecular formula is C28H31ClO2. The average molecular weight is 435 g/mol. The molecule has 1 unspecified atom stereocenters. The molecule has 0 bridgehead atoms. The lowest BCUT2D eigenvalue weighted by Crippen LogP contribution is -2.04. The van der Waals surface area contributed by atoms with E-state index in [1.165, 1.54) is 0 Å². The molecule has 3 heteroatoms. The number of methoxy groups -OCH3 is 1.